The molecule has 1 rings (SSSR count). The first-order valence-electron chi connectivity index (χ1n) is 3.35. The maximum Gasteiger partial charge on any atom is 0.0863 e. The Hall–Kier alpha value is 0.310. The number of hydrogen-bond donors (Lipinski definition) is 1. The first-order valence-corrected chi connectivity index (χ1v) is 4.50. The lowest BCUT2D eigenvalue weighted by atomic mass is 10.5. The van der Waals surface area contributed by atoms with Gasteiger partial charge in [-0.25, -0.2) is 0 Å². The van der Waals surface area contributed by atoms with Gasteiger partial charge in [0.2, 0.25) is 0 Å². The fourth-order valence-corrected chi connectivity index (χ4v) is 2.08. The minimum atomic E-state index is 1.32. The van der Waals surface area contributed by atoms with Crippen molar-refractivity contribution in [1.82, 2.24) is 0 Å². The largest absolute Gasteiger partial charge is 0.334 e. The summed E-state index contributed by atoms with van der Waals surface area (Å²) in [6.45, 7) is 6.37. The molecule has 0 amide bonds. The van der Waals surface area contributed by atoms with Crippen LogP contribution in [0.3, 0.4) is 0 Å². The van der Waals surface area contributed by atoms with E-state index in [-0.39, 0.29) is 0 Å². The van der Waals surface area contributed by atoms with Crippen molar-refractivity contribution in [3.8, 4) is 0 Å². The van der Waals surface area contributed by atoms with E-state index >= 15 is 0 Å². The molecule has 0 aromatic rings. The van der Waals surface area contributed by atoms with Gasteiger partial charge in [0.05, 0.1) is 19.6 Å². The van der Waals surface area contributed by atoms with Gasteiger partial charge in [0.15, 0.2) is 0 Å². The van der Waals surface area contributed by atoms with Crippen LogP contribution in [0.2, 0.25) is 0 Å². The molecule has 0 aromatic carbocycles. The third-order valence-electron chi connectivity index (χ3n) is 1.70. The van der Waals surface area contributed by atoms with Crippen LogP contribution < -0.4 is 4.90 Å². The predicted molar refractivity (Wildman–Crippen MR) is 38.6 cm³/mol. The zero-order chi connectivity index (χ0) is 5.82. The fourth-order valence-electron chi connectivity index (χ4n) is 1.01. The summed E-state index contributed by atoms with van der Waals surface area (Å²) in [5.41, 5.74) is 0. The van der Waals surface area contributed by atoms with Crippen LogP contribution in [-0.2, 0) is 0 Å². The summed E-state index contributed by atoms with van der Waals surface area (Å²) in [5, 5.41) is 0. The second kappa shape index (κ2) is 3.36. The van der Waals surface area contributed by atoms with Crippen LogP contribution in [0.1, 0.15) is 6.92 Å². The van der Waals surface area contributed by atoms with Gasteiger partial charge in [-0.1, -0.05) is 0 Å². The summed E-state index contributed by atoms with van der Waals surface area (Å²) in [6.07, 6.45) is 0. The molecular weight excluding hydrogens is 118 g/mol. The van der Waals surface area contributed by atoms with Crippen LogP contribution in [0.15, 0.2) is 0 Å². The number of quaternary nitrogens is 1. The molecule has 0 radical (unpaired) electrons. The van der Waals surface area contributed by atoms with Crippen molar-refractivity contribution in [2.24, 2.45) is 0 Å². The first-order chi connectivity index (χ1) is 3.93. The summed E-state index contributed by atoms with van der Waals surface area (Å²) < 4.78 is 0. The molecule has 1 saturated heterocycles. The molecule has 2 heteroatoms. The predicted octanol–water partition coefficient (Wildman–Crippen LogP) is -0.362. The van der Waals surface area contributed by atoms with Crippen LogP contribution >= 0.6 is 11.8 Å². The second-order valence-corrected chi connectivity index (χ2v) is 3.44. The van der Waals surface area contributed by atoms with Crippen molar-refractivity contribution in [3.05, 3.63) is 0 Å². The average molecular weight is 132 g/mol. The van der Waals surface area contributed by atoms with E-state index in [2.05, 4.69) is 18.7 Å². The van der Waals surface area contributed by atoms with Gasteiger partial charge in [0.1, 0.15) is 0 Å². The zero-order valence-corrected chi connectivity index (χ0v) is 6.26. The number of nitrogens with one attached hydrogen (secondary N) is 1. The van der Waals surface area contributed by atoms with Gasteiger partial charge >= 0.3 is 0 Å². The van der Waals surface area contributed by atoms with E-state index < -0.39 is 0 Å². The Morgan fingerprint density at radius 3 is 2.38 bits per heavy atom. The Morgan fingerprint density at radius 1 is 1.38 bits per heavy atom. The van der Waals surface area contributed by atoms with Gasteiger partial charge in [-0.2, -0.15) is 11.8 Å². The van der Waals surface area contributed by atoms with E-state index in [0.29, 0.717) is 0 Å². The molecule has 0 unspecified atom stereocenters. The second-order valence-electron chi connectivity index (χ2n) is 2.22. The molecule has 0 atom stereocenters. The first kappa shape index (κ1) is 6.43. The Kier molecular flexibility index (Phi) is 2.70. The Bertz CT molecular complexity index is 59.5. The zero-order valence-electron chi connectivity index (χ0n) is 5.44. The van der Waals surface area contributed by atoms with E-state index in [1.807, 2.05) is 0 Å². The lowest BCUT2D eigenvalue weighted by molar-refractivity contribution is -0.894. The van der Waals surface area contributed by atoms with Crippen molar-refractivity contribution in [1.29, 1.82) is 0 Å². The summed E-state index contributed by atoms with van der Waals surface area (Å²) in [7, 11) is 0. The van der Waals surface area contributed by atoms with E-state index in [4.69, 9.17) is 0 Å². The van der Waals surface area contributed by atoms with Crippen molar-refractivity contribution >= 4 is 11.8 Å². The SMILES string of the molecule is CC[NH+]1CCSCC1. The third kappa shape index (κ3) is 1.67. The van der Waals surface area contributed by atoms with E-state index in [1.165, 1.54) is 31.1 Å². The maximum absolute atomic E-state index is 2.27. The summed E-state index contributed by atoms with van der Waals surface area (Å²) in [6, 6.07) is 0. The highest BCUT2D eigenvalue weighted by molar-refractivity contribution is 7.99. The highest BCUT2D eigenvalue weighted by atomic mass is 32.2. The van der Waals surface area contributed by atoms with Gasteiger partial charge in [0, 0.05) is 11.5 Å². The van der Waals surface area contributed by atoms with Crippen molar-refractivity contribution in [2.75, 3.05) is 31.1 Å². The van der Waals surface area contributed by atoms with Crippen molar-refractivity contribution < 1.29 is 4.90 Å². The molecule has 8 heavy (non-hydrogen) atoms. The van der Waals surface area contributed by atoms with E-state index in [9.17, 15) is 0 Å². The molecule has 0 aliphatic carbocycles. The van der Waals surface area contributed by atoms with Gasteiger partial charge < -0.3 is 4.90 Å². The molecule has 0 saturated carbocycles. The Labute approximate surface area is 55.4 Å². The van der Waals surface area contributed by atoms with Crippen LogP contribution in [0.4, 0.5) is 0 Å². The van der Waals surface area contributed by atoms with Gasteiger partial charge in [0.25, 0.3) is 0 Å². The highest BCUT2D eigenvalue weighted by Crippen LogP contribution is 1.96. The molecule has 1 N–H and O–H groups in total. The molecule has 1 aliphatic heterocycles. The minimum Gasteiger partial charge on any atom is -0.334 e. The van der Waals surface area contributed by atoms with Crippen molar-refractivity contribution in [2.45, 2.75) is 6.92 Å². The monoisotopic (exact) mass is 132 g/mol. The molecule has 0 aromatic heterocycles. The van der Waals surface area contributed by atoms with Crippen LogP contribution in [0.5, 0.6) is 0 Å². The van der Waals surface area contributed by atoms with Crippen LogP contribution in [0, 0.1) is 0 Å². The van der Waals surface area contributed by atoms with Crippen molar-refractivity contribution in [3.63, 3.8) is 0 Å². The molecule has 0 bridgehead atoms. The smallest absolute Gasteiger partial charge is 0.0863 e. The topological polar surface area (TPSA) is 4.44 Å². The van der Waals surface area contributed by atoms with Gasteiger partial charge in [-0.3, -0.25) is 0 Å². The average Bonchev–Trinajstić information content (AvgIpc) is 1.90. The molecule has 1 fully saturated rings. The summed E-state index contributed by atoms with van der Waals surface area (Å²) in [5.74, 6) is 2.76. The molecule has 1 aliphatic rings. The van der Waals surface area contributed by atoms with E-state index in [0.717, 1.165) is 0 Å². The molecule has 1 nitrogen and oxygen atoms in total. The molecule has 1 heterocycles. The number of thioether (sulfide) groups is 1. The van der Waals surface area contributed by atoms with Crippen LogP contribution in [0.25, 0.3) is 0 Å². The fraction of sp³-hybridized carbons (Fsp3) is 1.00. The third-order valence-corrected chi connectivity index (χ3v) is 2.69. The van der Waals surface area contributed by atoms with Gasteiger partial charge in [-0.05, 0) is 6.92 Å². The summed E-state index contributed by atoms with van der Waals surface area (Å²) in [4.78, 5) is 1.78. The Balaban J connectivity index is 2.13. The maximum atomic E-state index is 2.27. The molecule has 0 spiro atoms. The summed E-state index contributed by atoms with van der Waals surface area (Å²) >= 11 is 2.09. The highest BCUT2D eigenvalue weighted by Gasteiger charge is 2.09. The minimum absolute atomic E-state index is 1.32. The number of hydrogen-bond acceptors (Lipinski definition) is 1. The molecule has 48 valence electrons. The molecular formula is C6H14NS+. The lowest BCUT2D eigenvalue weighted by Crippen LogP contribution is -3.13. The standard InChI is InChI=1S/C6H13NS/c1-2-7-3-5-8-6-4-7/h2-6H2,1H3/p+1. The lowest BCUT2D eigenvalue weighted by Gasteiger charge is -2.21. The number of rotatable bonds is 1. The quantitative estimate of drug-likeness (QED) is 0.510. The van der Waals surface area contributed by atoms with Gasteiger partial charge in [-0.15, -0.1) is 0 Å². The van der Waals surface area contributed by atoms with E-state index in [1.54, 1.807) is 4.90 Å². The van der Waals surface area contributed by atoms with Crippen LogP contribution in [-0.4, -0.2) is 31.1 Å². The Morgan fingerprint density at radius 2 is 2.00 bits per heavy atom. The normalized spacial score (nSPS) is 23.6.